The highest BCUT2D eigenvalue weighted by atomic mass is 35.5. The van der Waals surface area contributed by atoms with Crippen LogP contribution in [0, 0.1) is 0 Å². The summed E-state index contributed by atoms with van der Waals surface area (Å²) in [5.74, 6) is -1.07. The van der Waals surface area contributed by atoms with Crippen LogP contribution < -0.4 is 0 Å². The Hall–Kier alpha value is -2.13. The van der Waals surface area contributed by atoms with Gasteiger partial charge in [-0.25, -0.2) is 0 Å². The van der Waals surface area contributed by atoms with Crippen LogP contribution in [0.1, 0.15) is 21.5 Å². The van der Waals surface area contributed by atoms with Gasteiger partial charge in [0, 0.05) is 11.1 Å². The first-order valence-electron chi connectivity index (χ1n) is 5.68. The molecule has 0 aliphatic carbocycles. The van der Waals surface area contributed by atoms with Crippen LogP contribution in [0.5, 0.6) is 0 Å². The molecule has 0 atom stereocenters. The zero-order valence-electron chi connectivity index (χ0n) is 9.97. The molecule has 0 fully saturated rings. The molecule has 0 radical (unpaired) electrons. The van der Waals surface area contributed by atoms with Gasteiger partial charge in [-0.1, -0.05) is 48.0 Å². The topological polar surface area (TPSA) is 54.4 Å². The summed E-state index contributed by atoms with van der Waals surface area (Å²) in [7, 11) is 0. The minimum Gasteiger partial charge on any atom is -0.481 e. The number of halogens is 1. The molecule has 2 rings (SSSR count). The molecule has 0 bridgehead atoms. The molecule has 2 aromatic rings. The van der Waals surface area contributed by atoms with E-state index in [-0.39, 0.29) is 12.2 Å². The molecular weight excluding hydrogens is 264 g/mol. The van der Waals surface area contributed by atoms with Crippen LogP contribution >= 0.6 is 11.6 Å². The van der Waals surface area contributed by atoms with E-state index in [0.29, 0.717) is 21.7 Å². The van der Waals surface area contributed by atoms with Crippen molar-refractivity contribution in [2.45, 2.75) is 6.42 Å². The minimum atomic E-state index is -0.898. The molecule has 0 saturated carbocycles. The maximum absolute atomic E-state index is 12.2. The van der Waals surface area contributed by atoms with Crippen molar-refractivity contribution in [1.82, 2.24) is 0 Å². The molecule has 0 unspecified atom stereocenters. The monoisotopic (exact) mass is 274 g/mol. The lowest BCUT2D eigenvalue weighted by Crippen LogP contribution is -2.04. The average molecular weight is 275 g/mol. The second-order valence-corrected chi connectivity index (χ2v) is 4.48. The van der Waals surface area contributed by atoms with E-state index >= 15 is 0 Å². The molecule has 0 saturated heterocycles. The zero-order valence-corrected chi connectivity index (χ0v) is 10.7. The largest absolute Gasteiger partial charge is 0.481 e. The first-order valence-corrected chi connectivity index (χ1v) is 6.05. The van der Waals surface area contributed by atoms with Gasteiger partial charge in [-0.15, -0.1) is 0 Å². The van der Waals surface area contributed by atoms with Crippen LogP contribution in [0.15, 0.2) is 48.5 Å². The summed E-state index contributed by atoms with van der Waals surface area (Å²) in [6.07, 6.45) is -0.0550. The van der Waals surface area contributed by atoms with Crippen LogP contribution in [0.25, 0.3) is 0 Å². The van der Waals surface area contributed by atoms with Crippen LogP contribution in [-0.2, 0) is 11.2 Å². The fraction of sp³-hybridized carbons (Fsp3) is 0.0667. The van der Waals surface area contributed by atoms with Gasteiger partial charge < -0.3 is 5.11 Å². The van der Waals surface area contributed by atoms with Crippen molar-refractivity contribution in [3.8, 4) is 0 Å². The molecule has 0 heterocycles. The third-order valence-corrected chi connectivity index (χ3v) is 3.02. The number of carbonyl (C=O) groups is 2. The molecule has 3 nitrogen and oxygen atoms in total. The smallest absolute Gasteiger partial charge is 0.307 e. The Balaban J connectivity index is 2.25. The predicted octanol–water partition coefficient (Wildman–Crippen LogP) is 3.20. The van der Waals surface area contributed by atoms with Gasteiger partial charge in [0.2, 0.25) is 0 Å². The Labute approximate surface area is 115 Å². The summed E-state index contributed by atoms with van der Waals surface area (Å²) < 4.78 is 0. The lowest BCUT2D eigenvalue weighted by atomic mass is 10.0. The summed E-state index contributed by atoms with van der Waals surface area (Å²) >= 11 is 5.97. The molecule has 19 heavy (non-hydrogen) atoms. The summed E-state index contributed by atoms with van der Waals surface area (Å²) in [4.78, 5) is 22.8. The van der Waals surface area contributed by atoms with Gasteiger partial charge in [-0.05, 0) is 17.7 Å². The first-order chi connectivity index (χ1) is 9.08. The Bertz CT molecular complexity index is 618. The Morgan fingerprint density at radius 2 is 1.63 bits per heavy atom. The highest BCUT2D eigenvalue weighted by molar-refractivity contribution is 6.34. The predicted molar refractivity (Wildman–Crippen MR) is 72.7 cm³/mol. The van der Waals surface area contributed by atoms with Crippen molar-refractivity contribution in [3.63, 3.8) is 0 Å². The van der Waals surface area contributed by atoms with Crippen LogP contribution in [0.3, 0.4) is 0 Å². The van der Waals surface area contributed by atoms with Crippen LogP contribution in [0.4, 0.5) is 0 Å². The third-order valence-electron chi connectivity index (χ3n) is 2.69. The normalized spacial score (nSPS) is 10.2. The van der Waals surface area contributed by atoms with Gasteiger partial charge in [0.05, 0.1) is 11.4 Å². The van der Waals surface area contributed by atoms with E-state index in [1.165, 1.54) is 0 Å². The summed E-state index contributed by atoms with van der Waals surface area (Å²) in [5.41, 5.74) is 1.58. The van der Waals surface area contributed by atoms with Gasteiger partial charge >= 0.3 is 5.97 Å². The molecule has 0 aliphatic heterocycles. The number of carbonyl (C=O) groups excluding carboxylic acids is 1. The minimum absolute atomic E-state index is 0.0550. The number of hydrogen-bond acceptors (Lipinski definition) is 2. The summed E-state index contributed by atoms with van der Waals surface area (Å²) in [6.45, 7) is 0. The van der Waals surface area contributed by atoms with Crippen molar-refractivity contribution in [1.29, 1.82) is 0 Å². The van der Waals surface area contributed by atoms with Gasteiger partial charge in [0.15, 0.2) is 5.78 Å². The fourth-order valence-electron chi connectivity index (χ4n) is 1.75. The maximum atomic E-state index is 12.2. The Morgan fingerprint density at radius 3 is 2.21 bits per heavy atom. The molecule has 0 amide bonds. The molecule has 1 N–H and O–H groups in total. The number of rotatable bonds is 4. The molecule has 96 valence electrons. The molecule has 4 heteroatoms. The van der Waals surface area contributed by atoms with Crippen molar-refractivity contribution in [2.24, 2.45) is 0 Å². The average Bonchev–Trinajstić information content (AvgIpc) is 2.39. The van der Waals surface area contributed by atoms with Crippen LogP contribution in [-0.4, -0.2) is 16.9 Å². The maximum Gasteiger partial charge on any atom is 0.307 e. The second-order valence-electron chi connectivity index (χ2n) is 4.08. The van der Waals surface area contributed by atoms with Crippen LogP contribution in [0.2, 0.25) is 5.02 Å². The van der Waals surface area contributed by atoms with Gasteiger partial charge in [-0.2, -0.15) is 0 Å². The summed E-state index contributed by atoms with van der Waals surface area (Å²) in [5, 5.41) is 9.08. The van der Waals surface area contributed by atoms with Gasteiger partial charge in [0.25, 0.3) is 0 Å². The van der Waals surface area contributed by atoms with E-state index in [2.05, 4.69) is 0 Å². The third kappa shape index (κ3) is 3.20. The van der Waals surface area contributed by atoms with E-state index in [1.54, 1.807) is 48.5 Å². The number of aliphatic carboxylic acids is 1. The van der Waals surface area contributed by atoms with Gasteiger partial charge in [0.1, 0.15) is 0 Å². The Kier molecular flexibility index (Phi) is 3.97. The lowest BCUT2D eigenvalue weighted by Gasteiger charge is -2.04. The van der Waals surface area contributed by atoms with E-state index in [0.717, 1.165) is 0 Å². The van der Waals surface area contributed by atoms with E-state index < -0.39 is 5.97 Å². The van der Waals surface area contributed by atoms with Gasteiger partial charge in [-0.3, -0.25) is 9.59 Å². The second kappa shape index (κ2) is 5.67. The van der Waals surface area contributed by atoms with Crippen molar-refractivity contribution in [3.05, 3.63) is 70.2 Å². The number of hydrogen-bond donors (Lipinski definition) is 1. The standard InChI is InChI=1S/C15H11ClO3/c16-13-4-2-1-3-12(13)15(19)11-7-5-10(6-8-11)9-14(17)18/h1-8H,9H2,(H,17,18). The molecule has 0 aromatic heterocycles. The number of carboxylic acid groups (broad SMARTS) is 1. The fourth-order valence-corrected chi connectivity index (χ4v) is 1.97. The summed E-state index contributed by atoms with van der Waals surface area (Å²) in [6, 6.07) is 13.3. The lowest BCUT2D eigenvalue weighted by molar-refractivity contribution is -0.136. The quantitative estimate of drug-likeness (QED) is 0.871. The molecule has 2 aromatic carbocycles. The zero-order chi connectivity index (χ0) is 13.8. The van der Waals surface area contributed by atoms with Crippen molar-refractivity contribution >= 4 is 23.4 Å². The van der Waals surface area contributed by atoms with Crippen molar-refractivity contribution in [2.75, 3.05) is 0 Å². The molecular formula is C15H11ClO3. The highest BCUT2D eigenvalue weighted by Crippen LogP contribution is 2.19. The van der Waals surface area contributed by atoms with E-state index in [4.69, 9.17) is 16.7 Å². The number of carboxylic acids is 1. The highest BCUT2D eigenvalue weighted by Gasteiger charge is 2.12. The Morgan fingerprint density at radius 1 is 1.00 bits per heavy atom. The first kappa shape index (κ1) is 13.3. The number of ketones is 1. The van der Waals surface area contributed by atoms with Crippen molar-refractivity contribution < 1.29 is 14.7 Å². The molecule has 0 spiro atoms. The SMILES string of the molecule is O=C(O)Cc1ccc(C(=O)c2ccccc2Cl)cc1. The van der Waals surface area contributed by atoms with E-state index in [9.17, 15) is 9.59 Å². The number of benzene rings is 2. The molecule has 0 aliphatic rings. The van der Waals surface area contributed by atoms with E-state index in [1.807, 2.05) is 0 Å².